The number of benzene rings is 1. The van der Waals surface area contributed by atoms with Crippen molar-refractivity contribution in [2.24, 2.45) is 0 Å². The van der Waals surface area contributed by atoms with Gasteiger partial charge in [0, 0.05) is 11.1 Å². The van der Waals surface area contributed by atoms with Crippen LogP contribution in [0.3, 0.4) is 0 Å². The summed E-state index contributed by atoms with van der Waals surface area (Å²) in [6.45, 7) is -0.103. The quantitative estimate of drug-likeness (QED) is 0.659. The zero-order chi connectivity index (χ0) is 15.6. The number of carbonyl (C=O) groups is 1. The predicted octanol–water partition coefficient (Wildman–Crippen LogP) is 1.55. The van der Waals surface area contributed by atoms with Crippen LogP contribution in [-0.2, 0) is 6.54 Å². The molecule has 1 aromatic carbocycles. The molecule has 1 aromatic heterocycles. The Bertz CT molecular complexity index is 771. The van der Waals surface area contributed by atoms with Gasteiger partial charge in [-0.3, -0.25) is 19.7 Å². The minimum Gasteiger partial charge on any atom is -0.346 e. The number of H-pyrrole nitrogens is 1. The molecule has 21 heavy (non-hydrogen) atoms. The number of aromatic nitrogens is 1. The van der Waals surface area contributed by atoms with Gasteiger partial charge in [-0.05, 0) is 6.07 Å². The Morgan fingerprint density at radius 1 is 1.38 bits per heavy atom. The van der Waals surface area contributed by atoms with Gasteiger partial charge in [-0.25, -0.2) is 8.78 Å². The molecule has 0 atom stereocenters. The summed E-state index contributed by atoms with van der Waals surface area (Å²) in [4.78, 5) is 34.6. The van der Waals surface area contributed by atoms with Gasteiger partial charge >= 0.3 is 4.87 Å². The van der Waals surface area contributed by atoms with Crippen molar-refractivity contribution in [3.63, 3.8) is 0 Å². The van der Waals surface area contributed by atoms with E-state index in [0.717, 1.165) is 11.3 Å². The number of thiazole rings is 1. The van der Waals surface area contributed by atoms with Crippen molar-refractivity contribution in [1.82, 2.24) is 10.3 Å². The molecular formula is C11H7F2N3O4S. The van der Waals surface area contributed by atoms with E-state index in [2.05, 4.69) is 10.3 Å². The van der Waals surface area contributed by atoms with Crippen LogP contribution in [0.15, 0.2) is 22.3 Å². The van der Waals surface area contributed by atoms with Gasteiger partial charge in [-0.1, -0.05) is 11.3 Å². The van der Waals surface area contributed by atoms with Gasteiger partial charge in [0.25, 0.3) is 11.6 Å². The minimum absolute atomic E-state index is 0.103. The summed E-state index contributed by atoms with van der Waals surface area (Å²) in [7, 11) is 0. The fraction of sp³-hybridized carbons (Fsp3) is 0.0909. The molecule has 2 aromatic rings. The Balaban J connectivity index is 2.24. The number of halogens is 2. The highest BCUT2D eigenvalue weighted by atomic mass is 32.1. The lowest BCUT2D eigenvalue weighted by molar-refractivity contribution is -0.385. The third-order valence-electron chi connectivity index (χ3n) is 2.49. The summed E-state index contributed by atoms with van der Waals surface area (Å²) in [5.41, 5.74) is -1.05. The van der Waals surface area contributed by atoms with Crippen LogP contribution >= 0.6 is 11.3 Å². The number of aromatic amines is 1. The first-order valence-electron chi connectivity index (χ1n) is 5.47. The van der Waals surface area contributed by atoms with Crippen LogP contribution in [0.2, 0.25) is 0 Å². The van der Waals surface area contributed by atoms with Gasteiger partial charge in [-0.15, -0.1) is 0 Å². The predicted molar refractivity (Wildman–Crippen MR) is 69.1 cm³/mol. The first-order valence-corrected chi connectivity index (χ1v) is 6.34. The van der Waals surface area contributed by atoms with Gasteiger partial charge in [0.05, 0.1) is 17.5 Å². The molecule has 0 unspecified atom stereocenters. The van der Waals surface area contributed by atoms with Crippen molar-refractivity contribution in [1.29, 1.82) is 0 Å². The van der Waals surface area contributed by atoms with Crippen LogP contribution < -0.4 is 10.2 Å². The standard InChI is InChI=1S/C11H7F2N3O4S/c12-7-1-6(9(16(19)20)2-8(7)13)10(17)14-3-5-4-21-11(18)15-5/h1-2,4H,3H2,(H,14,17)(H,15,18). The van der Waals surface area contributed by atoms with Gasteiger partial charge in [0.1, 0.15) is 5.56 Å². The van der Waals surface area contributed by atoms with E-state index in [0.29, 0.717) is 17.8 Å². The molecule has 0 bridgehead atoms. The molecule has 2 N–H and O–H groups in total. The molecule has 1 amide bonds. The molecule has 10 heteroatoms. The molecular weight excluding hydrogens is 308 g/mol. The SMILES string of the molecule is O=C(NCc1csc(=O)[nH]1)c1cc(F)c(F)cc1[N+](=O)[O-]. The van der Waals surface area contributed by atoms with Crippen molar-refractivity contribution in [2.45, 2.75) is 6.54 Å². The van der Waals surface area contributed by atoms with Crippen LogP contribution in [0.25, 0.3) is 0 Å². The van der Waals surface area contributed by atoms with Gasteiger partial charge in [0.2, 0.25) is 0 Å². The molecule has 0 saturated heterocycles. The maximum atomic E-state index is 13.1. The molecule has 0 saturated carbocycles. The largest absolute Gasteiger partial charge is 0.346 e. The zero-order valence-electron chi connectivity index (χ0n) is 10.2. The number of nitro benzene ring substituents is 1. The van der Waals surface area contributed by atoms with Crippen LogP contribution in [0.5, 0.6) is 0 Å². The number of amides is 1. The number of carbonyl (C=O) groups excluding carboxylic acids is 1. The lowest BCUT2D eigenvalue weighted by Crippen LogP contribution is -2.24. The highest BCUT2D eigenvalue weighted by Crippen LogP contribution is 2.22. The molecule has 0 aliphatic rings. The topological polar surface area (TPSA) is 105 Å². The molecule has 0 aliphatic carbocycles. The van der Waals surface area contributed by atoms with Crippen LogP contribution in [0, 0.1) is 21.7 Å². The summed E-state index contributed by atoms with van der Waals surface area (Å²) in [6.07, 6.45) is 0. The number of nitrogens with zero attached hydrogens (tertiary/aromatic N) is 1. The third kappa shape index (κ3) is 3.28. The van der Waals surface area contributed by atoms with E-state index in [1.807, 2.05) is 0 Å². The molecule has 0 aliphatic heterocycles. The molecule has 110 valence electrons. The van der Waals surface area contributed by atoms with Crippen LogP contribution in [0.4, 0.5) is 14.5 Å². The summed E-state index contributed by atoms with van der Waals surface area (Å²) in [6, 6.07) is 0.801. The second kappa shape index (κ2) is 5.79. The number of rotatable bonds is 4. The van der Waals surface area contributed by atoms with E-state index in [9.17, 15) is 28.5 Å². The van der Waals surface area contributed by atoms with E-state index in [1.165, 1.54) is 5.38 Å². The van der Waals surface area contributed by atoms with Crippen molar-refractivity contribution in [3.05, 3.63) is 60.2 Å². The fourth-order valence-electron chi connectivity index (χ4n) is 1.54. The second-order valence-electron chi connectivity index (χ2n) is 3.90. The molecule has 0 spiro atoms. The first kappa shape index (κ1) is 14.8. The molecule has 0 radical (unpaired) electrons. The summed E-state index contributed by atoms with van der Waals surface area (Å²) in [5.74, 6) is -3.73. The van der Waals surface area contributed by atoms with Gasteiger partial charge in [-0.2, -0.15) is 0 Å². The number of hydrogen-bond donors (Lipinski definition) is 2. The van der Waals surface area contributed by atoms with Crippen molar-refractivity contribution in [3.8, 4) is 0 Å². The van der Waals surface area contributed by atoms with Crippen LogP contribution in [0.1, 0.15) is 16.1 Å². The highest BCUT2D eigenvalue weighted by Gasteiger charge is 2.23. The smallest absolute Gasteiger partial charge is 0.304 e. The monoisotopic (exact) mass is 315 g/mol. The van der Waals surface area contributed by atoms with Crippen molar-refractivity contribution in [2.75, 3.05) is 0 Å². The zero-order valence-corrected chi connectivity index (χ0v) is 11.0. The Morgan fingerprint density at radius 2 is 2.05 bits per heavy atom. The van der Waals surface area contributed by atoms with Gasteiger partial charge < -0.3 is 10.3 Å². The Kier molecular flexibility index (Phi) is 4.08. The summed E-state index contributed by atoms with van der Waals surface area (Å²) >= 11 is 0.884. The number of nitrogens with one attached hydrogen (secondary N) is 2. The molecule has 0 fully saturated rings. The van der Waals surface area contributed by atoms with E-state index in [-0.39, 0.29) is 11.4 Å². The lowest BCUT2D eigenvalue weighted by Gasteiger charge is -2.05. The maximum Gasteiger partial charge on any atom is 0.304 e. The van der Waals surface area contributed by atoms with Crippen molar-refractivity contribution >= 4 is 22.9 Å². The number of hydrogen-bond acceptors (Lipinski definition) is 5. The Hall–Kier alpha value is -2.62. The van der Waals surface area contributed by atoms with Gasteiger partial charge in [0.15, 0.2) is 11.6 Å². The van der Waals surface area contributed by atoms with E-state index in [1.54, 1.807) is 0 Å². The molecule has 1 heterocycles. The maximum absolute atomic E-state index is 13.1. The average Bonchev–Trinajstić information content (AvgIpc) is 2.84. The average molecular weight is 315 g/mol. The lowest BCUT2D eigenvalue weighted by atomic mass is 10.1. The van der Waals surface area contributed by atoms with E-state index >= 15 is 0 Å². The van der Waals surface area contributed by atoms with E-state index in [4.69, 9.17) is 0 Å². The second-order valence-corrected chi connectivity index (χ2v) is 4.74. The van der Waals surface area contributed by atoms with E-state index < -0.39 is 33.7 Å². The Morgan fingerprint density at radius 3 is 2.62 bits per heavy atom. The summed E-state index contributed by atoms with van der Waals surface area (Å²) in [5, 5.41) is 14.5. The minimum atomic E-state index is -1.42. The molecule has 7 nitrogen and oxygen atoms in total. The van der Waals surface area contributed by atoms with Crippen LogP contribution in [-0.4, -0.2) is 15.8 Å². The number of nitro groups is 1. The summed E-state index contributed by atoms with van der Waals surface area (Å²) < 4.78 is 26.1. The third-order valence-corrected chi connectivity index (χ3v) is 3.21. The normalized spacial score (nSPS) is 10.4. The molecule has 2 rings (SSSR count). The Labute approximate surface area is 119 Å². The first-order chi connectivity index (χ1) is 9.88. The van der Waals surface area contributed by atoms with Crippen molar-refractivity contribution < 1.29 is 18.5 Å². The highest BCUT2D eigenvalue weighted by molar-refractivity contribution is 7.07. The fourth-order valence-corrected chi connectivity index (χ4v) is 2.12.